The number of aliphatic hydroxyl groups excluding tert-OH is 1. The van der Waals surface area contributed by atoms with E-state index in [1.165, 1.54) is 18.2 Å². The molecule has 0 saturated carbocycles. The maximum absolute atomic E-state index is 13.5. The first kappa shape index (κ1) is 32.0. The van der Waals surface area contributed by atoms with Crippen LogP contribution in [-0.4, -0.2) is 35.3 Å². The summed E-state index contributed by atoms with van der Waals surface area (Å²) in [6.07, 6.45) is -1.40. The zero-order valence-corrected chi connectivity index (χ0v) is 24.5. The lowest BCUT2D eigenvalue weighted by atomic mass is 9.80. The van der Waals surface area contributed by atoms with Crippen LogP contribution < -0.4 is 4.47 Å². The normalized spacial score (nSPS) is 18.3. The average molecular weight is 619 g/mol. The van der Waals surface area contributed by atoms with Crippen LogP contribution in [0, 0.1) is 0 Å². The van der Waals surface area contributed by atoms with Gasteiger partial charge in [-0.2, -0.15) is 21.6 Å². The summed E-state index contributed by atoms with van der Waals surface area (Å²) in [6, 6.07) is 16.7. The van der Waals surface area contributed by atoms with Gasteiger partial charge in [0.1, 0.15) is 11.4 Å². The van der Waals surface area contributed by atoms with Crippen LogP contribution in [0.25, 0.3) is 0 Å². The number of alkyl halides is 3. The van der Waals surface area contributed by atoms with Crippen molar-refractivity contribution in [1.82, 2.24) is 4.98 Å². The number of aliphatic hydroxyl groups is 1. The number of esters is 1. The topological polar surface area (TPSA) is 117 Å². The summed E-state index contributed by atoms with van der Waals surface area (Å²) < 4.78 is 70.5. The molecule has 1 aliphatic heterocycles. The van der Waals surface area contributed by atoms with Crippen molar-refractivity contribution >= 4 is 21.7 Å². The van der Waals surface area contributed by atoms with E-state index in [9.17, 15) is 36.7 Å². The van der Waals surface area contributed by atoms with Crippen molar-refractivity contribution in [3.8, 4) is 0 Å². The summed E-state index contributed by atoms with van der Waals surface area (Å²) in [4.78, 5) is 16.8. The first-order valence-corrected chi connectivity index (χ1v) is 15.3. The largest absolute Gasteiger partial charge is 0.512 e. The van der Waals surface area contributed by atoms with Crippen molar-refractivity contribution in [3.63, 3.8) is 0 Å². The van der Waals surface area contributed by atoms with Crippen molar-refractivity contribution in [1.29, 1.82) is 0 Å². The molecule has 12 heteroatoms. The number of cyclic esters (lactones) is 1. The van der Waals surface area contributed by atoms with E-state index in [-0.39, 0.29) is 27.9 Å². The van der Waals surface area contributed by atoms with Crippen LogP contribution in [0.2, 0.25) is 0 Å². The molecule has 8 nitrogen and oxygen atoms in total. The third kappa shape index (κ3) is 7.02. The number of rotatable bonds is 11. The molecule has 0 spiro atoms. The Kier molecular flexibility index (Phi) is 9.50. The van der Waals surface area contributed by atoms with Gasteiger partial charge in [-0.25, -0.2) is 9.78 Å². The van der Waals surface area contributed by atoms with Crippen LogP contribution in [0.1, 0.15) is 68.6 Å². The molecule has 0 bridgehead atoms. The minimum absolute atomic E-state index is 0.0582. The molecule has 2 heterocycles. The molecule has 1 aromatic heterocycles. The van der Waals surface area contributed by atoms with Crippen LogP contribution in [0.5, 0.6) is 0 Å². The molecular formula is C31H33F3N2O6S. The number of nitrogens with zero attached hydrogens (tertiary/aromatic N) is 2. The zero-order chi connectivity index (χ0) is 31.4. The molecule has 2 atom stereocenters. The number of carbonyl (C=O) groups excluding carboxylic acids is 1. The minimum Gasteiger partial charge on any atom is -0.512 e. The van der Waals surface area contributed by atoms with Crippen molar-refractivity contribution in [2.75, 3.05) is 4.47 Å². The molecule has 0 aliphatic carbocycles. The lowest BCUT2D eigenvalue weighted by molar-refractivity contribution is -0.161. The van der Waals surface area contributed by atoms with Gasteiger partial charge < -0.3 is 9.84 Å². The van der Waals surface area contributed by atoms with E-state index in [4.69, 9.17) is 4.74 Å². The second-order valence-electron chi connectivity index (χ2n) is 10.5. The summed E-state index contributed by atoms with van der Waals surface area (Å²) in [5, 5.41) is 21.1. The number of ether oxygens (including phenoxy) is 1. The Bertz CT molecular complexity index is 1580. The number of sulfonamides is 1. The van der Waals surface area contributed by atoms with Gasteiger partial charge in [0.25, 0.3) is 0 Å². The van der Waals surface area contributed by atoms with Crippen molar-refractivity contribution < 1.29 is 41.4 Å². The van der Waals surface area contributed by atoms with Gasteiger partial charge in [-0.05, 0) is 61.1 Å². The molecule has 3 aromatic rings. The maximum Gasteiger partial charge on any atom is 0.417 e. The van der Waals surface area contributed by atoms with E-state index in [1.807, 2.05) is 37.3 Å². The Morgan fingerprint density at radius 1 is 1.05 bits per heavy atom. The van der Waals surface area contributed by atoms with Crippen LogP contribution >= 0.6 is 0 Å². The maximum atomic E-state index is 13.5. The molecule has 1 aliphatic rings. The van der Waals surface area contributed by atoms with E-state index in [0.29, 0.717) is 49.6 Å². The van der Waals surface area contributed by atoms with E-state index in [2.05, 4.69) is 4.98 Å². The van der Waals surface area contributed by atoms with Crippen LogP contribution in [0.4, 0.5) is 18.9 Å². The second-order valence-corrected chi connectivity index (χ2v) is 12.2. The number of pyridine rings is 1. The first-order valence-electron chi connectivity index (χ1n) is 13.9. The standard InChI is InChI=1S/C31H33F3N2O6S/c1-3-16-30(17-15-21-9-6-5-7-10-21)19-26(37)28(29(38)42-30)25(4-2)22-11-8-12-24(18-22)36(39)43(40,41)27-14-13-23(20-35-27)31(32,33)34/h5-14,18,20,25,37,39H,3-4,15-17,19H2,1-2H3/t25-,30-/m1/s1. The van der Waals surface area contributed by atoms with E-state index >= 15 is 0 Å². The van der Waals surface area contributed by atoms with E-state index < -0.39 is 44.3 Å². The minimum atomic E-state index is -4.74. The highest BCUT2D eigenvalue weighted by atomic mass is 32.2. The first-order chi connectivity index (χ1) is 20.3. The molecule has 230 valence electrons. The van der Waals surface area contributed by atoms with Crippen molar-refractivity contribution in [2.45, 2.75) is 75.1 Å². The van der Waals surface area contributed by atoms with E-state index in [1.54, 1.807) is 13.0 Å². The quantitative estimate of drug-likeness (QED) is 0.174. The van der Waals surface area contributed by atoms with Crippen LogP contribution in [-0.2, 0) is 32.2 Å². The Morgan fingerprint density at radius 2 is 1.77 bits per heavy atom. The highest BCUT2D eigenvalue weighted by Gasteiger charge is 2.43. The highest BCUT2D eigenvalue weighted by molar-refractivity contribution is 7.92. The number of hydrogen-bond donors (Lipinski definition) is 2. The van der Waals surface area contributed by atoms with Gasteiger partial charge in [0.15, 0.2) is 5.03 Å². The van der Waals surface area contributed by atoms with Crippen molar-refractivity contribution in [2.24, 2.45) is 0 Å². The monoisotopic (exact) mass is 618 g/mol. The van der Waals surface area contributed by atoms with Gasteiger partial charge in [0, 0.05) is 18.5 Å². The molecule has 0 amide bonds. The summed E-state index contributed by atoms with van der Waals surface area (Å²) in [5.74, 6) is -1.45. The SMILES string of the molecule is CCC[C@@]1(CCc2ccccc2)CC(O)=C([C@H](CC)c2cccc(N(O)S(=O)(=O)c3ccc(C(F)(F)F)cn3)c2)C(=O)O1. The lowest BCUT2D eigenvalue weighted by Gasteiger charge is -2.38. The Balaban J connectivity index is 1.61. The number of anilines is 1. The van der Waals surface area contributed by atoms with Gasteiger partial charge in [-0.3, -0.25) is 5.21 Å². The Morgan fingerprint density at radius 3 is 2.35 bits per heavy atom. The molecule has 2 aromatic carbocycles. The molecule has 0 unspecified atom stereocenters. The zero-order valence-electron chi connectivity index (χ0n) is 23.7. The van der Waals surface area contributed by atoms with Gasteiger partial charge >= 0.3 is 22.2 Å². The predicted molar refractivity (Wildman–Crippen MR) is 153 cm³/mol. The number of aromatic nitrogens is 1. The molecule has 0 radical (unpaired) electrons. The van der Waals surface area contributed by atoms with E-state index in [0.717, 1.165) is 12.0 Å². The van der Waals surface area contributed by atoms with Gasteiger partial charge in [-0.1, -0.05) is 62.7 Å². The Labute approximate surface area is 248 Å². The second kappa shape index (κ2) is 12.8. The molecule has 4 rings (SSSR count). The summed E-state index contributed by atoms with van der Waals surface area (Å²) in [5.41, 5.74) is -0.686. The highest BCUT2D eigenvalue weighted by Crippen LogP contribution is 2.42. The number of halogens is 3. The average Bonchev–Trinajstić information content (AvgIpc) is 2.98. The third-order valence-corrected chi connectivity index (χ3v) is 8.99. The number of hydrogen-bond acceptors (Lipinski definition) is 7. The summed E-state index contributed by atoms with van der Waals surface area (Å²) in [7, 11) is -4.74. The molecule has 0 fully saturated rings. The molecule has 43 heavy (non-hydrogen) atoms. The number of benzene rings is 2. The number of aryl methyl sites for hydroxylation is 1. The molecule has 2 N–H and O–H groups in total. The Hall–Kier alpha value is -3.90. The fourth-order valence-corrected chi connectivity index (χ4v) is 6.41. The number of carbonyl (C=O) groups is 1. The molecular weight excluding hydrogens is 585 g/mol. The smallest absolute Gasteiger partial charge is 0.417 e. The van der Waals surface area contributed by atoms with Gasteiger partial charge in [-0.15, -0.1) is 4.47 Å². The lowest BCUT2D eigenvalue weighted by Crippen LogP contribution is -2.41. The van der Waals surface area contributed by atoms with Crippen LogP contribution in [0.3, 0.4) is 0 Å². The third-order valence-electron chi connectivity index (χ3n) is 7.55. The van der Waals surface area contributed by atoms with Gasteiger partial charge in [0.05, 0.1) is 16.8 Å². The predicted octanol–water partition coefficient (Wildman–Crippen LogP) is 7.11. The van der Waals surface area contributed by atoms with Gasteiger partial charge in [0.2, 0.25) is 0 Å². The fourth-order valence-electron chi connectivity index (χ4n) is 5.42. The van der Waals surface area contributed by atoms with Crippen LogP contribution in [0.15, 0.2) is 89.3 Å². The summed E-state index contributed by atoms with van der Waals surface area (Å²) >= 11 is 0. The fraction of sp³-hybridized carbons (Fsp3) is 0.355. The molecule has 0 saturated heterocycles. The summed E-state index contributed by atoms with van der Waals surface area (Å²) in [6.45, 7) is 3.76. The van der Waals surface area contributed by atoms with Crippen molar-refractivity contribution in [3.05, 3.63) is 101 Å².